The lowest BCUT2D eigenvalue weighted by Crippen LogP contribution is -2.41. The van der Waals surface area contributed by atoms with Crippen LogP contribution in [0, 0.1) is 0 Å². The molecular weight excluding hydrogens is 547 g/mol. The molecule has 0 radical (unpaired) electrons. The lowest BCUT2D eigenvalue weighted by atomic mass is 10.0. The summed E-state index contributed by atoms with van der Waals surface area (Å²) < 4.78 is 72.2. The Bertz CT molecular complexity index is 1600. The second-order valence-electron chi connectivity index (χ2n) is 9.20. The number of benzene rings is 2. The molecule has 3 N–H and O–H groups in total. The van der Waals surface area contributed by atoms with Gasteiger partial charge in [-0.3, -0.25) is 14.4 Å². The molecule has 210 valence electrons. The summed E-state index contributed by atoms with van der Waals surface area (Å²) in [4.78, 5) is 22.5. The third kappa shape index (κ3) is 6.11. The summed E-state index contributed by atoms with van der Waals surface area (Å²) in [5.74, 6) is -0.336. The molecule has 3 heterocycles. The molecule has 0 aliphatic carbocycles. The summed E-state index contributed by atoms with van der Waals surface area (Å²) in [6.45, 7) is 4.01. The van der Waals surface area contributed by atoms with Gasteiger partial charge in [-0.2, -0.15) is 13.2 Å². The number of hydrogen-bond donors (Lipinski definition) is 3. The van der Waals surface area contributed by atoms with Gasteiger partial charge in [0.05, 0.1) is 35.6 Å². The van der Waals surface area contributed by atoms with Crippen LogP contribution in [0.1, 0.15) is 16.1 Å². The number of carbonyl (C=O) groups excluding carboxylic acids is 1. The first-order chi connectivity index (χ1) is 19.1. The number of aromatic nitrogens is 2. The van der Waals surface area contributed by atoms with Gasteiger partial charge in [0.1, 0.15) is 11.3 Å². The Morgan fingerprint density at radius 3 is 2.42 bits per heavy atom. The minimum atomic E-state index is -4.58. The maximum atomic E-state index is 13.2. The Hall–Kier alpha value is -3.94. The largest absolute Gasteiger partial charge is 0.416 e. The van der Waals surface area contributed by atoms with Gasteiger partial charge in [0.2, 0.25) is 0 Å². The lowest BCUT2D eigenvalue weighted by molar-refractivity contribution is -0.137. The SMILES string of the molecule is O=C(NCCN1CCOCC1)c1[nH]c2ncc(NS(=O)(=O)c3ccc(C(F)(F)F)cc3)cc2c1-c1ccccc1. The Morgan fingerprint density at radius 2 is 1.75 bits per heavy atom. The molecule has 0 spiro atoms. The summed E-state index contributed by atoms with van der Waals surface area (Å²) >= 11 is 0. The van der Waals surface area contributed by atoms with Gasteiger partial charge in [0.25, 0.3) is 15.9 Å². The number of nitrogens with one attached hydrogen (secondary N) is 3. The van der Waals surface area contributed by atoms with Crippen molar-refractivity contribution >= 4 is 32.7 Å². The predicted octanol–water partition coefficient (Wildman–Crippen LogP) is 4.11. The first-order valence-electron chi connectivity index (χ1n) is 12.5. The molecule has 9 nitrogen and oxygen atoms in total. The lowest BCUT2D eigenvalue weighted by Gasteiger charge is -2.26. The van der Waals surface area contributed by atoms with Gasteiger partial charge in [-0.05, 0) is 35.9 Å². The van der Waals surface area contributed by atoms with Crippen molar-refractivity contribution < 1.29 is 31.1 Å². The van der Waals surface area contributed by atoms with Crippen molar-refractivity contribution in [3.8, 4) is 11.1 Å². The van der Waals surface area contributed by atoms with Gasteiger partial charge in [0, 0.05) is 37.1 Å². The number of aromatic amines is 1. The first kappa shape index (κ1) is 27.6. The van der Waals surface area contributed by atoms with Crippen LogP contribution in [0.5, 0.6) is 0 Å². The number of alkyl halides is 3. The zero-order chi connectivity index (χ0) is 28.3. The molecule has 1 aliphatic rings. The van der Waals surface area contributed by atoms with Gasteiger partial charge in [-0.25, -0.2) is 13.4 Å². The predicted molar refractivity (Wildman–Crippen MR) is 143 cm³/mol. The van der Waals surface area contributed by atoms with Crippen molar-refractivity contribution in [1.29, 1.82) is 0 Å². The van der Waals surface area contributed by atoms with Gasteiger partial charge < -0.3 is 15.0 Å². The van der Waals surface area contributed by atoms with E-state index in [1.807, 2.05) is 30.3 Å². The monoisotopic (exact) mass is 573 g/mol. The zero-order valence-corrected chi connectivity index (χ0v) is 22.0. The molecule has 0 bridgehead atoms. The Labute approximate surface area is 228 Å². The van der Waals surface area contributed by atoms with Gasteiger partial charge in [-0.15, -0.1) is 0 Å². The van der Waals surface area contributed by atoms with E-state index in [0.29, 0.717) is 55.0 Å². The Morgan fingerprint density at radius 1 is 1.05 bits per heavy atom. The molecule has 0 saturated carbocycles. The molecule has 1 amide bonds. The summed E-state index contributed by atoms with van der Waals surface area (Å²) in [5.41, 5.74) is 1.04. The number of hydrogen-bond acceptors (Lipinski definition) is 6. The number of pyridine rings is 1. The van der Waals surface area contributed by atoms with Crippen molar-refractivity contribution in [3.63, 3.8) is 0 Å². The molecule has 13 heteroatoms. The van der Waals surface area contributed by atoms with E-state index in [0.717, 1.165) is 30.8 Å². The van der Waals surface area contributed by atoms with Crippen molar-refractivity contribution in [2.24, 2.45) is 0 Å². The van der Waals surface area contributed by atoms with Crippen LogP contribution in [0.15, 0.2) is 71.8 Å². The number of amides is 1. The average Bonchev–Trinajstić information content (AvgIpc) is 3.32. The van der Waals surface area contributed by atoms with Crippen LogP contribution in [0.2, 0.25) is 0 Å². The fourth-order valence-corrected chi connectivity index (χ4v) is 5.51. The van der Waals surface area contributed by atoms with E-state index in [4.69, 9.17) is 4.74 Å². The molecule has 40 heavy (non-hydrogen) atoms. The number of ether oxygens (including phenoxy) is 1. The molecule has 2 aromatic heterocycles. The number of halogens is 3. The Balaban J connectivity index is 1.43. The normalized spacial score (nSPS) is 14.8. The van der Waals surface area contributed by atoms with Gasteiger partial charge in [-0.1, -0.05) is 30.3 Å². The van der Waals surface area contributed by atoms with Gasteiger partial charge in [0.15, 0.2) is 0 Å². The molecule has 1 aliphatic heterocycles. The number of carbonyl (C=O) groups is 1. The van der Waals surface area contributed by atoms with E-state index in [9.17, 15) is 26.4 Å². The highest BCUT2D eigenvalue weighted by molar-refractivity contribution is 7.92. The third-order valence-electron chi connectivity index (χ3n) is 6.50. The van der Waals surface area contributed by atoms with E-state index < -0.39 is 21.8 Å². The van der Waals surface area contributed by atoms with Crippen LogP contribution in [-0.4, -0.2) is 68.6 Å². The van der Waals surface area contributed by atoms with E-state index in [1.165, 1.54) is 12.3 Å². The highest BCUT2D eigenvalue weighted by atomic mass is 32.2. The molecule has 0 atom stereocenters. The summed E-state index contributed by atoms with van der Waals surface area (Å²) in [6, 6.07) is 13.9. The highest BCUT2D eigenvalue weighted by Gasteiger charge is 2.31. The van der Waals surface area contributed by atoms with Crippen LogP contribution < -0.4 is 10.0 Å². The fraction of sp³-hybridized carbons (Fsp3) is 0.259. The number of morpholine rings is 1. The topological polar surface area (TPSA) is 116 Å². The first-order valence-corrected chi connectivity index (χ1v) is 14.0. The second-order valence-corrected chi connectivity index (χ2v) is 10.9. The quantitative estimate of drug-likeness (QED) is 0.292. The molecular formula is C27H26F3N5O4S. The maximum Gasteiger partial charge on any atom is 0.416 e. The zero-order valence-electron chi connectivity index (χ0n) is 21.2. The summed E-state index contributed by atoms with van der Waals surface area (Å²) in [7, 11) is -4.21. The van der Waals surface area contributed by atoms with Crippen LogP contribution in [0.3, 0.4) is 0 Å². The number of H-pyrrole nitrogens is 1. The van der Waals surface area contributed by atoms with Crippen molar-refractivity contribution in [2.45, 2.75) is 11.1 Å². The molecule has 4 aromatic rings. The number of nitrogens with zero attached hydrogens (tertiary/aromatic N) is 2. The second kappa shape index (κ2) is 11.3. The van der Waals surface area contributed by atoms with Crippen molar-refractivity contribution in [2.75, 3.05) is 44.1 Å². The summed E-state index contributed by atoms with van der Waals surface area (Å²) in [6.07, 6.45) is -3.31. The van der Waals surface area contributed by atoms with E-state index in [2.05, 4.69) is 24.9 Å². The van der Waals surface area contributed by atoms with Crippen LogP contribution >= 0.6 is 0 Å². The fourth-order valence-electron chi connectivity index (χ4n) is 4.48. The van der Waals surface area contributed by atoms with Crippen molar-refractivity contribution in [1.82, 2.24) is 20.2 Å². The van der Waals surface area contributed by atoms with Crippen LogP contribution in [-0.2, 0) is 20.9 Å². The minimum Gasteiger partial charge on any atom is -0.379 e. The van der Waals surface area contributed by atoms with Crippen LogP contribution in [0.4, 0.5) is 18.9 Å². The van der Waals surface area contributed by atoms with E-state index >= 15 is 0 Å². The highest BCUT2D eigenvalue weighted by Crippen LogP contribution is 2.34. The molecule has 2 aromatic carbocycles. The standard InChI is InChI=1S/C27H26F3N5O4S/c28-27(29,30)19-6-8-21(9-7-19)40(37,38)34-20-16-22-23(18-4-2-1-3-5-18)24(33-25(22)32-17-20)26(36)31-10-11-35-12-14-39-15-13-35/h1-9,16-17,34H,10-15H2,(H,31,36)(H,32,33). The third-order valence-corrected chi connectivity index (χ3v) is 7.90. The molecule has 0 unspecified atom stereocenters. The smallest absolute Gasteiger partial charge is 0.379 e. The molecule has 1 fully saturated rings. The summed E-state index contributed by atoms with van der Waals surface area (Å²) in [5, 5.41) is 3.43. The average molecular weight is 574 g/mol. The maximum absolute atomic E-state index is 13.2. The van der Waals surface area contributed by atoms with Crippen LogP contribution in [0.25, 0.3) is 22.2 Å². The number of fused-ring (bicyclic) bond motifs is 1. The number of anilines is 1. The molecule has 1 saturated heterocycles. The minimum absolute atomic E-state index is 0.0860. The van der Waals surface area contributed by atoms with Crippen molar-refractivity contribution in [3.05, 3.63) is 78.1 Å². The number of sulfonamides is 1. The molecule has 5 rings (SSSR count). The van der Waals surface area contributed by atoms with Gasteiger partial charge >= 0.3 is 6.18 Å². The van der Waals surface area contributed by atoms with E-state index in [1.54, 1.807) is 0 Å². The van der Waals surface area contributed by atoms with E-state index in [-0.39, 0.29) is 22.2 Å². The number of rotatable bonds is 8. The Kier molecular flexibility index (Phi) is 7.79.